The molecule has 0 aliphatic carbocycles. The topological polar surface area (TPSA) is 31.2 Å². The second-order valence-corrected chi connectivity index (χ2v) is 6.55. The molecule has 0 fully saturated rings. The number of fused-ring (bicyclic) bond motifs is 1. The van der Waals surface area contributed by atoms with Crippen LogP contribution in [0, 0.1) is 3.57 Å². The Labute approximate surface area is 147 Å². The minimum absolute atomic E-state index is 0.156. The summed E-state index contributed by atoms with van der Waals surface area (Å²) in [6.07, 6.45) is 2.00. The predicted molar refractivity (Wildman–Crippen MR) is 96.3 cm³/mol. The lowest BCUT2D eigenvalue weighted by Crippen LogP contribution is -2.16. The summed E-state index contributed by atoms with van der Waals surface area (Å²) in [5.41, 5.74) is 2.02. The lowest BCUT2D eigenvalue weighted by atomic mass is 10.1. The van der Waals surface area contributed by atoms with Gasteiger partial charge in [-0.05, 0) is 58.5 Å². The molecule has 3 nitrogen and oxygen atoms in total. The highest BCUT2D eigenvalue weighted by molar-refractivity contribution is 14.1. The van der Waals surface area contributed by atoms with Crippen LogP contribution in [0.15, 0.2) is 54.7 Å². The van der Waals surface area contributed by atoms with E-state index in [1.165, 1.54) is 3.57 Å². The highest BCUT2D eigenvalue weighted by Gasteiger charge is 2.19. The number of carbonyl (C=O) groups excluding carboxylic acids is 1. The summed E-state index contributed by atoms with van der Waals surface area (Å²) in [7, 11) is 0. The summed E-state index contributed by atoms with van der Waals surface area (Å²) in [4.78, 5) is 10.6. The van der Waals surface area contributed by atoms with Crippen LogP contribution in [0.3, 0.4) is 0 Å². The van der Waals surface area contributed by atoms with Crippen molar-refractivity contribution in [1.29, 1.82) is 0 Å². The summed E-state index contributed by atoms with van der Waals surface area (Å²) in [5, 5.41) is 1.81. The Hall–Kier alpha value is -1.53. The van der Waals surface area contributed by atoms with Gasteiger partial charge in [0.15, 0.2) is 0 Å². The molecule has 1 heterocycles. The molecule has 0 N–H and O–H groups in total. The summed E-state index contributed by atoms with van der Waals surface area (Å²) in [6, 6.07) is 15.8. The van der Waals surface area contributed by atoms with Crippen molar-refractivity contribution in [2.45, 2.75) is 6.04 Å². The van der Waals surface area contributed by atoms with Crippen molar-refractivity contribution in [3.8, 4) is 0 Å². The lowest BCUT2D eigenvalue weighted by Gasteiger charge is -2.21. The van der Waals surface area contributed by atoms with Gasteiger partial charge >= 0.3 is 0 Å². The summed E-state index contributed by atoms with van der Waals surface area (Å²) in [6.45, 7) is 0.710. The highest BCUT2D eigenvalue weighted by atomic mass is 127. The summed E-state index contributed by atoms with van der Waals surface area (Å²) >= 11 is 8.63. The molecular formula is C17H13ClINO2. The van der Waals surface area contributed by atoms with Gasteiger partial charge in [-0.15, -0.1) is 0 Å². The number of hydrogen-bond donors (Lipinski definition) is 0. The number of benzene rings is 2. The van der Waals surface area contributed by atoms with E-state index in [9.17, 15) is 4.79 Å². The van der Waals surface area contributed by atoms with Crippen molar-refractivity contribution in [3.63, 3.8) is 0 Å². The molecule has 0 saturated carbocycles. The van der Waals surface area contributed by atoms with Crippen LogP contribution in [-0.4, -0.2) is 17.6 Å². The average molecular weight is 426 g/mol. The molecule has 0 bridgehead atoms. The molecule has 0 spiro atoms. The number of halogens is 2. The molecule has 5 heteroatoms. The second-order valence-electron chi connectivity index (χ2n) is 4.89. The van der Waals surface area contributed by atoms with Gasteiger partial charge in [0.1, 0.15) is 6.61 Å². The Morgan fingerprint density at radius 1 is 1.23 bits per heavy atom. The van der Waals surface area contributed by atoms with Crippen molar-refractivity contribution < 1.29 is 9.53 Å². The quantitative estimate of drug-likeness (QED) is 0.440. The Morgan fingerprint density at radius 2 is 2.05 bits per heavy atom. The molecule has 0 saturated heterocycles. The Morgan fingerprint density at radius 3 is 2.82 bits per heavy atom. The first-order chi connectivity index (χ1) is 10.7. The fraction of sp³-hybridized carbons (Fsp3) is 0.118. The third-order valence-electron chi connectivity index (χ3n) is 3.60. The van der Waals surface area contributed by atoms with Gasteiger partial charge in [-0.3, -0.25) is 4.79 Å². The van der Waals surface area contributed by atoms with Gasteiger partial charge in [0, 0.05) is 25.7 Å². The normalized spacial score (nSPS) is 12.3. The van der Waals surface area contributed by atoms with Crippen molar-refractivity contribution in [3.05, 3.63) is 68.9 Å². The van der Waals surface area contributed by atoms with E-state index >= 15 is 0 Å². The smallest absolute Gasteiger partial charge is 0.293 e. The minimum atomic E-state index is -0.156. The molecule has 22 heavy (non-hydrogen) atoms. The van der Waals surface area contributed by atoms with E-state index in [4.69, 9.17) is 16.3 Å². The molecular weight excluding hydrogens is 413 g/mol. The zero-order valence-electron chi connectivity index (χ0n) is 11.6. The lowest BCUT2D eigenvalue weighted by molar-refractivity contribution is -0.129. The van der Waals surface area contributed by atoms with Crippen LogP contribution in [0.4, 0.5) is 0 Å². The van der Waals surface area contributed by atoms with Crippen LogP contribution < -0.4 is 0 Å². The molecule has 3 aromatic rings. The van der Waals surface area contributed by atoms with Gasteiger partial charge < -0.3 is 9.30 Å². The number of hydrogen-bond acceptors (Lipinski definition) is 2. The van der Waals surface area contributed by atoms with Crippen LogP contribution in [0.25, 0.3) is 10.9 Å². The fourth-order valence-electron chi connectivity index (χ4n) is 2.60. The number of aromatic nitrogens is 1. The first-order valence-electron chi connectivity index (χ1n) is 6.76. The largest absolute Gasteiger partial charge is 0.465 e. The van der Waals surface area contributed by atoms with E-state index in [1.54, 1.807) is 0 Å². The molecule has 2 aromatic carbocycles. The maximum Gasteiger partial charge on any atom is 0.293 e. The molecule has 112 valence electrons. The van der Waals surface area contributed by atoms with Crippen LogP contribution in [0.2, 0.25) is 5.02 Å². The Bertz CT molecular complexity index is 815. The van der Waals surface area contributed by atoms with E-state index in [1.807, 2.05) is 30.5 Å². The van der Waals surface area contributed by atoms with Gasteiger partial charge in [-0.1, -0.05) is 29.8 Å². The van der Waals surface area contributed by atoms with Crippen molar-refractivity contribution >= 4 is 51.6 Å². The average Bonchev–Trinajstić information content (AvgIpc) is 2.92. The number of nitrogens with zero attached hydrogens (tertiary/aromatic N) is 1. The molecule has 0 aliphatic rings. The zero-order chi connectivity index (χ0) is 15.5. The maximum absolute atomic E-state index is 10.6. The van der Waals surface area contributed by atoms with E-state index in [0.29, 0.717) is 11.5 Å². The zero-order valence-corrected chi connectivity index (χ0v) is 14.5. The second kappa shape index (κ2) is 6.71. The molecule has 1 atom stereocenters. The Kier molecular flexibility index (Phi) is 4.69. The molecule has 1 unspecified atom stereocenters. The molecule has 0 amide bonds. The van der Waals surface area contributed by atoms with E-state index < -0.39 is 0 Å². The standard InChI is InChI=1S/C17H13ClINO2/c18-15-4-2-1-3-14(15)17(10-22-11-21)20-8-7-12-9-13(19)5-6-16(12)20/h1-9,11,17H,10H2. The van der Waals surface area contributed by atoms with Gasteiger partial charge in [-0.2, -0.15) is 0 Å². The van der Waals surface area contributed by atoms with Gasteiger partial charge in [0.25, 0.3) is 6.47 Å². The van der Waals surface area contributed by atoms with Gasteiger partial charge in [0.2, 0.25) is 0 Å². The van der Waals surface area contributed by atoms with E-state index in [0.717, 1.165) is 16.5 Å². The summed E-state index contributed by atoms with van der Waals surface area (Å²) < 4.78 is 8.32. The molecule has 1 aromatic heterocycles. The van der Waals surface area contributed by atoms with Crippen molar-refractivity contribution in [2.24, 2.45) is 0 Å². The van der Waals surface area contributed by atoms with E-state index in [-0.39, 0.29) is 12.6 Å². The van der Waals surface area contributed by atoms with Crippen molar-refractivity contribution in [1.82, 2.24) is 4.57 Å². The van der Waals surface area contributed by atoms with Crippen LogP contribution in [0.5, 0.6) is 0 Å². The maximum atomic E-state index is 10.6. The third-order valence-corrected chi connectivity index (χ3v) is 4.62. The minimum Gasteiger partial charge on any atom is -0.465 e. The number of ether oxygens (including phenoxy) is 1. The van der Waals surface area contributed by atoms with Crippen LogP contribution in [0.1, 0.15) is 11.6 Å². The highest BCUT2D eigenvalue weighted by Crippen LogP contribution is 2.30. The molecule has 0 aliphatic heterocycles. The monoisotopic (exact) mass is 425 g/mol. The number of rotatable bonds is 5. The number of carbonyl (C=O) groups is 1. The Balaban J connectivity index is 2.12. The third kappa shape index (κ3) is 2.98. The first kappa shape index (κ1) is 15.4. The fourth-order valence-corrected chi connectivity index (χ4v) is 3.38. The van der Waals surface area contributed by atoms with Crippen LogP contribution in [-0.2, 0) is 9.53 Å². The van der Waals surface area contributed by atoms with Gasteiger partial charge in [-0.25, -0.2) is 0 Å². The van der Waals surface area contributed by atoms with E-state index in [2.05, 4.69) is 51.4 Å². The molecule has 3 rings (SSSR count). The van der Waals surface area contributed by atoms with Crippen LogP contribution >= 0.6 is 34.2 Å². The van der Waals surface area contributed by atoms with Gasteiger partial charge in [0.05, 0.1) is 6.04 Å². The summed E-state index contributed by atoms with van der Waals surface area (Å²) in [5.74, 6) is 0. The predicted octanol–water partition coefficient (Wildman–Crippen LogP) is 4.66. The molecule has 0 radical (unpaired) electrons. The SMILES string of the molecule is O=COCC(c1ccccc1Cl)n1ccc2cc(I)ccc21. The van der Waals surface area contributed by atoms with Crippen molar-refractivity contribution in [2.75, 3.05) is 6.61 Å². The first-order valence-corrected chi connectivity index (χ1v) is 8.22.